The number of furan rings is 1. The summed E-state index contributed by atoms with van der Waals surface area (Å²) in [6.45, 7) is 2.88. The highest BCUT2D eigenvalue weighted by Crippen LogP contribution is 2.27. The number of likely N-dealkylation sites (tertiary alicyclic amines) is 1. The second-order valence-corrected chi connectivity index (χ2v) is 7.31. The van der Waals surface area contributed by atoms with E-state index in [2.05, 4.69) is 5.32 Å². The first-order valence-electron chi connectivity index (χ1n) is 8.54. The molecule has 0 bridgehead atoms. The maximum atomic E-state index is 12.7. The number of carbonyl (C=O) groups excluding carboxylic acids is 2. The van der Waals surface area contributed by atoms with Gasteiger partial charge in [0, 0.05) is 23.1 Å². The highest BCUT2D eigenvalue weighted by molar-refractivity contribution is 6.35. The fourth-order valence-electron chi connectivity index (χ4n) is 3.19. The Balaban J connectivity index is 1.63. The molecule has 3 rings (SSSR count). The van der Waals surface area contributed by atoms with Gasteiger partial charge < -0.3 is 14.6 Å². The van der Waals surface area contributed by atoms with Crippen molar-refractivity contribution in [3.63, 3.8) is 0 Å². The van der Waals surface area contributed by atoms with Gasteiger partial charge in [0.25, 0.3) is 5.91 Å². The molecule has 0 saturated carbocycles. The van der Waals surface area contributed by atoms with Gasteiger partial charge in [0.15, 0.2) is 5.76 Å². The van der Waals surface area contributed by atoms with Crippen molar-refractivity contribution in [2.75, 3.05) is 13.1 Å². The van der Waals surface area contributed by atoms with Crippen molar-refractivity contribution in [1.29, 1.82) is 0 Å². The third-order valence-corrected chi connectivity index (χ3v) is 5.16. The zero-order chi connectivity index (χ0) is 18.7. The predicted molar refractivity (Wildman–Crippen MR) is 100 cm³/mol. The Morgan fingerprint density at radius 3 is 2.81 bits per heavy atom. The maximum absolute atomic E-state index is 12.7. The standard InChI is InChI=1S/C19H20Cl2N2O3/c1-12(15-7-6-14(20)10-16(15)21)22-18(24)13-4-2-8-23(11-13)19(25)17-5-3-9-26-17/h3,5-7,9-10,12-13H,2,4,8,11H2,1H3,(H,22,24)/t12-,13+/m1/s1. The van der Waals surface area contributed by atoms with Gasteiger partial charge in [-0.3, -0.25) is 9.59 Å². The largest absolute Gasteiger partial charge is 0.459 e. The quantitative estimate of drug-likeness (QED) is 0.839. The minimum Gasteiger partial charge on any atom is -0.459 e. The van der Waals surface area contributed by atoms with E-state index in [1.807, 2.05) is 13.0 Å². The van der Waals surface area contributed by atoms with Crippen LogP contribution in [-0.2, 0) is 4.79 Å². The van der Waals surface area contributed by atoms with E-state index in [4.69, 9.17) is 27.6 Å². The number of amides is 2. The Hall–Kier alpha value is -1.98. The van der Waals surface area contributed by atoms with Crippen molar-refractivity contribution in [3.05, 3.63) is 58.0 Å². The summed E-state index contributed by atoms with van der Waals surface area (Å²) in [4.78, 5) is 26.8. The van der Waals surface area contributed by atoms with Gasteiger partial charge in [-0.1, -0.05) is 29.3 Å². The molecule has 1 fully saturated rings. The number of hydrogen-bond donors (Lipinski definition) is 1. The van der Waals surface area contributed by atoms with Gasteiger partial charge in [0.2, 0.25) is 5.91 Å². The lowest BCUT2D eigenvalue weighted by molar-refractivity contribution is -0.127. The van der Waals surface area contributed by atoms with Gasteiger partial charge in [-0.2, -0.15) is 0 Å². The molecule has 1 N–H and O–H groups in total. The number of rotatable bonds is 4. The minimum absolute atomic E-state index is 0.0829. The van der Waals surface area contributed by atoms with Gasteiger partial charge in [-0.05, 0) is 49.6 Å². The summed E-state index contributed by atoms with van der Waals surface area (Å²) in [6, 6.07) is 8.28. The Morgan fingerprint density at radius 1 is 1.31 bits per heavy atom. The van der Waals surface area contributed by atoms with E-state index < -0.39 is 0 Å². The molecule has 1 saturated heterocycles. The molecule has 1 aliphatic rings. The van der Waals surface area contributed by atoms with Crippen LogP contribution in [0.1, 0.15) is 41.9 Å². The first kappa shape index (κ1) is 18.8. The average Bonchev–Trinajstić information content (AvgIpc) is 3.15. The van der Waals surface area contributed by atoms with Gasteiger partial charge in [0.1, 0.15) is 0 Å². The van der Waals surface area contributed by atoms with Gasteiger partial charge in [-0.25, -0.2) is 0 Å². The normalized spacial score (nSPS) is 18.4. The van der Waals surface area contributed by atoms with Crippen molar-refractivity contribution < 1.29 is 14.0 Å². The zero-order valence-electron chi connectivity index (χ0n) is 14.4. The molecule has 2 aromatic rings. The summed E-state index contributed by atoms with van der Waals surface area (Å²) in [5, 5.41) is 4.06. The first-order valence-corrected chi connectivity index (χ1v) is 9.29. The summed E-state index contributed by atoms with van der Waals surface area (Å²) in [5.41, 5.74) is 0.809. The van der Waals surface area contributed by atoms with E-state index in [1.165, 1.54) is 6.26 Å². The van der Waals surface area contributed by atoms with Crippen LogP contribution in [-0.4, -0.2) is 29.8 Å². The fraction of sp³-hybridized carbons (Fsp3) is 0.368. The molecule has 1 aromatic heterocycles. The molecule has 138 valence electrons. The van der Waals surface area contributed by atoms with Crippen LogP contribution in [0.3, 0.4) is 0 Å². The first-order chi connectivity index (χ1) is 12.5. The average molecular weight is 395 g/mol. The monoisotopic (exact) mass is 394 g/mol. The third kappa shape index (κ3) is 4.22. The molecule has 1 aliphatic heterocycles. The molecular weight excluding hydrogens is 375 g/mol. The highest BCUT2D eigenvalue weighted by Gasteiger charge is 2.30. The van der Waals surface area contributed by atoms with E-state index in [1.54, 1.807) is 29.2 Å². The molecule has 5 nitrogen and oxygen atoms in total. The van der Waals surface area contributed by atoms with Gasteiger partial charge in [0.05, 0.1) is 18.2 Å². The van der Waals surface area contributed by atoms with E-state index in [0.717, 1.165) is 18.4 Å². The molecule has 1 aromatic carbocycles. The molecule has 2 atom stereocenters. The second kappa shape index (κ2) is 8.14. The maximum Gasteiger partial charge on any atom is 0.289 e. The SMILES string of the molecule is C[C@@H](NC(=O)[C@H]1CCCN(C(=O)c2ccco2)C1)c1ccc(Cl)cc1Cl. The number of carbonyl (C=O) groups is 2. The topological polar surface area (TPSA) is 62.6 Å². The van der Waals surface area contributed by atoms with Crippen molar-refractivity contribution in [3.8, 4) is 0 Å². The van der Waals surface area contributed by atoms with Gasteiger partial charge >= 0.3 is 0 Å². The van der Waals surface area contributed by atoms with Crippen molar-refractivity contribution in [2.45, 2.75) is 25.8 Å². The molecule has 26 heavy (non-hydrogen) atoms. The molecule has 2 heterocycles. The highest BCUT2D eigenvalue weighted by atomic mass is 35.5. The number of halogens is 2. The van der Waals surface area contributed by atoms with Crippen LogP contribution in [0.5, 0.6) is 0 Å². The number of nitrogens with one attached hydrogen (secondary N) is 1. The van der Waals surface area contributed by atoms with E-state index in [-0.39, 0.29) is 23.8 Å². The third-order valence-electron chi connectivity index (χ3n) is 4.60. The van der Waals surface area contributed by atoms with Crippen molar-refractivity contribution in [2.24, 2.45) is 5.92 Å². The Morgan fingerprint density at radius 2 is 2.12 bits per heavy atom. The van der Waals surface area contributed by atoms with Crippen LogP contribution >= 0.6 is 23.2 Å². The number of nitrogens with zero attached hydrogens (tertiary/aromatic N) is 1. The summed E-state index contributed by atoms with van der Waals surface area (Å²) in [5.74, 6) is -0.217. The van der Waals surface area contributed by atoms with E-state index >= 15 is 0 Å². The smallest absolute Gasteiger partial charge is 0.289 e. The number of benzene rings is 1. The van der Waals surface area contributed by atoms with Crippen molar-refractivity contribution in [1.82, 2.24) is 10.2 Å². The zero-order valence-corrected chi connectivity index (χ0v) is 15.9. The molecule has 2 amide bonds. The van der Waals surface area contributed by atoms with E-state index in [9.17, 15) is 9.59 Å². The van der Waals surface area contributed by atoms with Crippen molar-refractivity contribution >= 4 is 35.0 Å². The molecule has 0 radical (unpaired) electrons. The van der Waals surface area contributed by atoms with Gasteiger partial charge in [-0.15, -0.1) is 0 Å². The van der Waals surface area contributed by atoms with Crippen LogP contribution in [0.2, 0.25) is 10.0 Å². The van der Waals surface area contributed by atoms with Crippen LogP contribution in [0.4, 0.5) is 0 Å². The van der Waals surface area contributed by atoms with Crippen LogP contribution in [0.15, 0.2) is 41.0 Å². The van der Waals surface area contributed by atoms with Crippen LogP contribution in [0, 0.1) is 5.92 Å². The fourth-order valence-corrected chi connectivity index (χ4v) is 3.77. The lowest BCUT2D eigenvalue weighted by atomic mass is 9.96. The number of hydrogen-bond acceptors (Lipinski definition) is 3. The lowest BCUT2D eigenvalue weighted by Crippen LogP contribution is -2.45. The van der Waals surface area contributed by atoms with Crippen LogP contribution < -0.4 is 5.32 Å². The minimum atomic E-state index is -0.254. The van der Waals surface area contributed by atoms with Crippen LogP contribution in [0.25, 0.3) is 0 Å². The predicted octanol–water partition coefficient (Wildman–Crippen LogP) is 4.32. The lowest BCUT2D eigenvalue weighted by Gasteiger charge is -2.32. The molecule has 7 heteroatoms. The Bertz CT molecular complexity index is 792. The molecular formula is C19H20Cl2N2O3. The molecule has 0 spiro atoms. The molecule has 0 unspecified atom stereocenters. The number of piperidine rings is 1. The summed E-state index contributed by atoms with van der Waals surface area (Å²) in [7, 11) is 0. The Labute approximate surface area is 162 Å². The Kier molecular flexibility index (Phi) is 5.89. The second-order valence-electron chi connectivity index (χ2n) is 6.46. The molecule has 0 aliphatic carbocycles. The van der Waals surface area contributed by atoms with E-state index in [0.29, 0.717) is 28.9 Å². The summed E-state index contributed by atoms with van der Waals surface area (Å²) >= 11 is 12.1. The summed E-state index contributed by atoms with van der Waals surface area (Å²) < 4.78 is 5.17. The summed E-state index contributed by atoms with van der Waals surface area (Å²) in [6.07, 6.45) is 2.99.